The molecule has 1 fully saturated rings. The molecule has 0 spiro atoms. The lowest BCUT2D eigenvalue weighted by Gasteiger charge is -2.31. The van der Waals surface area contributed by atoms with Gasteiger partial charge in [0.25, 0.3) is 0 Å². The van der Waals surface area contributed by atoms with Crippen molar-refractivity contribution in [1.29, 1.82) is 0 Å². The Morgan fingerprint density at radius 2 is 1.59 bits per heavy atom. The number of aliphatic carboxylic acids is 1. The summed E-state index contributed by atoms with van der Waals surface area (Å²) in [7, 11) is -8.42. The molecule has 12 nitrogen and oxygen atoms in total. The second-order valence-corrected chi connectivity index (χ2v) is 17.6. The van der Waals surface area contributed by atoms with Crippen LogP contribution in [0.5, 0.6) is 0 Å². The predicted molar refractivity (Wildman–Crippen MR) is 213 cm³/mol. The molecule has 0 atom stereocenters. The van der Waals surface area contributed by atoms with Crippen molar-refractivity contribution in [2.45, 2.75) is 42.0 Å². The number of likely N-dealkylation sites (tertiary alicyclic amines) is 1. The van der Waals surface area contributed by atoms with Crippen molar-refractivity contribution in [3.8, 4) is 22.5 Å². The third kappa shape index (κ3) is 6.66. The van der Waals surface area contributed by atoms with E-state index in [1.165, 1.54) is 18.2 Å². The maximum Gasteiger partial charge on any atom is 0.306 e. The SMILES string of the molecule is O=C(O)C1CCN(Cc2ccccc2-c2c3ccc(=[N+]4CCc5cc(S(O)(O)O)ccc54)cc-3oc3cc(N4CCc5cc(S(=O)(=O)[O-])ccc54)ccc23)CC1. The van der Waals surface area contributed by atoms with Crippen LogP contribution in [0.15, 0.2) is 111 Å². The quantitative estimate of drug-likeness (QED) is 0.0722. The molecule has 0 amide bonds. The van der Waals surface area contributed by atoms with Crippen molar-refractivity contribution in [2.24, 2.45) is 5.92 Å². The molecule has 0 bridgehead atoms. The van der Waals surface area contributed by atoms with Gasteiger partial charge in [-0.05, 0) is 97.6 Å². The number of piperidine rings is 1. The lowest BCUT2D eigenvalue weighted by atomic mass is 9.90. The number of carbonyl (C=O) groups is 1. The maximum atomic E-state index is 11.7. The molecule has 1 saturated heterocycles. The number of hydrogen-bond donors (Lipinski definition) is 4. The van der Waals surface area contributed by atoms with Crippen LogP contribution in [0.4, 0.5) is 17.1 Å². The van der Waals surface area contributed by atoms with Crippen LogP contribution in [0.25, 0.3) is 33.4 Å². The molecular formula is C42H39N3O9S2. The highest BCUT2D eigenvalue weighted by atomic mass is 32.3. The highest BCUT2D eigenvalue weighted by molar-refractivity contribution is 8.19. The van der Waals surface area contributed by atoms with E-state index in [0.29, 0.717) is 69.8 Å². The van der Waals surface area contributed by atoms with Crippen LogP contribution in [-0.2, 0) is 34.3 Å². The topological polar surface area (TPSA) is 178 Å². The zero-order valence-corrected chi connectivity index (χ0v) is 31.8. The fourth-order valence-corrected chi connectivity index (χ4v) is 9.67. The summed E-state index contributed by atoms with van der Waals surface area (Å²) in [5, 5.41) is 11.4. The fourth-order valence-electron chi connectivity index (χ4n) is 8.59. The monoisotopic (exact) mass is 793 g/mol. The van der Waals surface area contributed by atoms with Gasteiger partial charge in [-0.3, -0.25) is 9.69 Å². The second-order valence-electron chi connectivity index (χ2n) is 14.7. The van der Waals surface area contributed by atoms with E-state index in [4.69, 9.17) is 4.42 Å². The summed E-state index contributed by atoms with van der Waals surface area (Å²) < 4.78 is 73.7. The molecule has 4 aromatic rings. The van der Waals surface area contributed by atoms with Gasteiger partial charge in [-0.2, -0.15) is 4.58 Å². The zero-order valence-electron chi connectivity index (χ0n) is 30.2. The first kappa shape index (κ1) is 36.6. The smallest absolute Gasteiger partial charge is 0.306 e. The van der Waals surface area contributed by atoms with Gasteiger partial charge in [0.2, 0.25) is 11.0 Å². The van der Waals surface area contributed by atoms with Gasteiger partial charge in [-0.15, -0.1) is 0 Å². The van der Waals surface area contributed by atoms with E-state index < -0.39 is 27.0 Å². The van der Waals surface area contributed by atoms with E-state index in [0.717, 1.165) is 61.2 Å². The summed E-state index contributed by atoms with van der Waals surface area (Å²) in [5.41, 5.74) is 8.97. The van der Waals surface area contributed by atoms with Crippen LogP contribution in [0.1, 0.15) is 29.5 Å². The minimum atomic E-state index is -4.58. The summed E-state index contributed by atoms with van der Waals surface area (Å²) >= 11 is 0. The Balaban J connectivity index is 1.19. The molecule has 4 N–H and O–H groups in total. The van der Waals surface area contributed by atoms with Crippen LogP contribution in [-0.4, -0.2) is 68.8 Å². The second kappa shape index (κ2) is 13.8. The van der Waals surface area contributed by atoms with Gasteiger partial charge >= 0.3 is 5.97 Å². The van der Waals surface area contributed by atoms with Crippen LogP contribution in [0.2, 0.25) is 0 Å². The molecule has 288 valence electrons. The molecule has 4 heterocycles. The Bertz CT molecular complexity index is 2720. The average molecular weight is 794 g/mol. The third-order valence-electron chi connectivity index (χ3n) is 11.4. The largest absolute Gasteiger partial charge is 0.744 e. The minimum Gasteiger partial charge on any atom is -0.744 e. The van der Waals surface area contributed by atoms with E-state index >= 15 is 0 Å². The standard InChI is InChI=1S/C42H39N3O9S2/c46-42(47)26-13-17-43(18-14-26)25-29-3-1-2-4-34(29)41-35-9-5-30(44-19-15-27-21-32(55(48,49)50)7-11-37(27)44)23-39(35)54-40-24-31(6-10-36(40)41)45-20-16-28-22-33(56(51,52)53)8-12-38(28)45/h1-12,21-24,26H,13-20,25H2,(H4-,46,47,48,49,50,51,52,53). The molecule has 4 aromatic carbocycles. The van der Waals surface area contributed by atoms with Crippen LogP contribution >= 0.6 is 10.9 Å². The summed E-state index contributed by atoms with van der Waals surface area (Å²) in [6.45, 7) is 3.28. The number of hydrogen-bond acceptors (Lipinski definition) is 10. The van der Waals surface area contributed by atoms with Gasteiger partial charge < -0.3 is 32.6 Å². The van der Waals surface area contributed by atoms with Gasteiger partial charge in [0.15, 0.2) is 6.54 Å². The van der Waals surface area contributed by atoms with E-state index in [-0.39, 0.29) is 15.7 Å². The third-order valence-corrected chi connectivity index (χ3v) is 13.1. The number of anilines is 2. The van der Waals surface area contributed by atoms with Crippen molar-refractivity contribution in [3.63, 3.8) is 0 Å². The molecule has 1 aliphatic carbocycles. The van der Waals surface area contributed by atoms with Gasteiger partial charge in [-0.1, -0.05) is 24.3 Å². The molecule has 56 heavy (non-hydrogen) atoms. The Morgan fingerprint density at radius 3 is 2.36 bits per heavy atom. The van der Waals surface area contributed by atoms with Gasteiger partial charge in [0.05, 0.1) is 21.8 Å². The summed E-state index contributed by atoms with van der Waals surface area (Å²) in [5.74, 6) is -0.407. The number of rotatable bonds is 7. The fraction of sp³-hybridized carbons (Fsp3) is 0.238. The highest BCUT2D eigenvalue weighted by Crippen LogP contribution is 2.46. The first-order valence-electron chi connectivity index (χ1n) is 18.5. The van der Waals surface area contributed by atoms with E-state index in [1.807, 2.05) is 30.3 Å². The number of fused-ring (bicyclic) bond motifs is 4. The lowest BCUT2D eigenvalue weighted by molar-refractivity contribution is -0.143. The van der Waals surface area contributed by atoms with Crippen LogP contribution in [0.3, 0.4) is 0 Å². The number of carboxylic acids is 1. The predicted octanol–water partition coefficient (Wildman–Crippen LogP) is 7.34. The number of carboxylic acid groups (broad SMARTS) is 1. The highest BCUT2D eigenvalue weighted by Gasteiger charge is 2.30. The van der Waals surface area contributed by atoms with Crippen molar-refractivity contribution >= 4 is 55.0 Å². The number of nitrogens with zero attached hydrogens (tertiary/aromatic N) is 3. The van der Waals surface area contributed by atoms with E-state index in [2.05, 4.69) is 44.7 Å². The molecule has 5 aliphatic rings. The van der Waals surface area contributed by atoms with E-state index in [9.17, 15) is 36.5 Å². The Labute approximate surface area is 324 Å². The van der Waals surface area contributed by atoms with Crippen LogP contribution < -0.4 is 14.8 Å². The molecule has 14 heteroatoms. The van der Waals surface area contributed by atoms with Gasteiger partial charge in [0.1, 0.15) is 32.3 Å². The summed E-state index contributed by atoms with van der Waals surface area (Å²) in [6.07, 6.45) is 2.44. The molecule has 0 aromatic heterocycles. The molecule has 4 aliphatic heterocycles. The first-order chi connectivity index (χ1) is 26.8. The molecule has 0 unspecified atom stereocenters. The van der Waals surface area contributed by atoms with Crippen LogP contribution in [0, 0.1) is 5.92 Å². The van der Waals surface area contributed by atoms with Crippen molar-refractivity contribution in [3.05, 3.63) is 119 Å². The molecular weight excluding hydrogens is 755 g/mol. The number of benzene rings is 5. The lowest BCUT2D eigenvalue weighted by Crippen LogP contribution is -2.35. The first-order valence-corrected chi connectivity index (χ1v) is 21.4. The van der Waals surface area contributed by atoms with E-state index in [1.54, 1.807) is 18.2 Å². The van der Waals surface area contributed by atoms with Gasteiger partial charge in [0, 0.05) is 71.2 Å². The Kier molecular flexibility index (Phi) is 9.04. The average Bonchev–Trinajstić information content (AvgIpc) is 3.81. The molecule has 0 radical (unpaired) electrons. The summed E-state index contributed by atoms with van der Waals surface area (Å²) in [4.78, 5) is 15.9. The molecule has 0 saturated carbocycles. The zero-order chi connectivity index (χ0) is 38.9. The Hall–Kier alpha value is -5.06. The van der Waals surface area contributed by atoms with Crippen molar-refractivity contribution in [2.75, 3.05) is 31.1 Å². The Morgan fingerprint density at radius 1 is 0.821 bits per heavy atom. The summed E-state index contributed by atoms with van der Waals surface area (Å²) in [6, 6.07) is 30.0. The maximum absolute atomic E-state index is 11.7. The molecule has 9 rings (SSSR count). The normalized spacial score (nSPS) is 17.8. The van der Waals surface area contributed by atoms with Gasteiger partial charge in [-0.25, -0.2) is 8.42 Å². The van der Waals surface area contributed by atoms with Crippen molar-refractivity contribution in [1.82, 2.24) is 9.48 Å². The van der Waals surface area contributed by atoms with Crippen molar-refractivity contribution < 1.29 is 40.9 Å². The minimum absolute atomic E-state index is 0.0833.